The SMILES string of the molecule is CCC1C2CNCC2CN1CCC(=O)NC(=O)NC. The van der Waals surface area contributed by atoms with E-state index in [1.165, 1.54) is 7.05 Å². The van der Waals surface area contributed by atoms with Gasteiger partial charge in [-0.1, -0.05) is 6.92 Å². The average molecular weight is 268 g/mol. The zero-order valence-corrected chi connectivity index (χ0v) is 11.7. The predicted molar refractivity (Wildman–Crippen MR) is 72.7 cm³/mol. The Morgan fingerprint density at radius 3 is 2.84 bits per heavy atom. The summed E-state index contributed by atoms with van der Waals surface area (Å²) in [6.07, 6.45) is 1.51. The average Bonchev–Trinajstić information content (AvgIpc) is 2.95. The van der Waals surface area contributed by atoms with Crippen molar-refractivity contribution in [2.24, 2.45) is 11.8 Å². The molecule has 0 spiro atoms. The van der Waals surface area contributed by atoms with E-state index >= 15 is 0 Å². The topological polar surface area (TPSA) is 73.5 Å². The van der Waals surface area contributed by atoms with E-state index in [0.717, 1.165) is 44.4 Å². The lowest BCUT2D eigenvalue weighted by Gasteiger charge is -2.26. The summed E-state index contributed by atoms with van der Waals surface area (Å²) in [6, 6.07) is 0.146. The molecule has 19 heavy (non-hydrogen) atoms. The second-order valence-electron chi connectivity index (χ2n) is 5.43. The highest BCUT2D eigenvalue weighted by molar-refractivity contribution is 5.94. The molecule has 0 bridgehead atoms. The van der Waals surface area contributed by atoms with Gasteiger partial charge in [-0.3, -0.25) is 15.0 Å². The van der Waals surface area contributed by atoms with E-state index in [1.54, 1.807) is 0 Å². The number of carbonyl (C=O) groups excluding carboxylic acids is 2. The van der Waals surface area contributed by atoms with E-state index in [1.807, 2.05) is 0 Å². The summed E-state index contributed by atoms with van der Waals surface area (Å²) < 4.78 is 0. The van der Waals surface area contributed by atoms with E-state index in [2.05, 4.69) is 27.8 Å². The molecule has 0 saturated carbocycles. The number of amides is 3. The van der Waals surface area contributed by atoms with E-state index < -0.39 is 6.03 Å². The Labute approximate surface area is 114 Å². The molecule has 6 heteroatoms. The summed E-state index contributed by atoms with van der Waals surface area (Å²) in [5.41, 5.74) is 0. The van der Waals surface area contributed by atoms with Crippen LogP contribution < -0.4 is 16.0 Å². The Bertz CT molecular complexity index is 348. The Kier molecular flexibility index (Phi) is 4.76. The maximum absolute atomic E-state index is 11.6. The molecule has 2 aliphatic heterocycles. The quantitative estimate of drug-likeness (QED) is 0.658. The van der Waals surface area contributed by atoms with E-state index in [-0.39, 0.29) is 5.91 Å². The predicted octanol–water partition coefficient (Wildman–Crippen LogP) is -0.238. The van der Waals surface area contributed by atoms with Gasteiger partial charge in [-0.05, 0) is 31.3 Å². The van der Waals surface area contributed by atoms with Crippen molar-refractivity contribution in [3.8, 4) is 0 Å². The van der Waals surface area contributed by atoms with Crippen LogP contribution in [0.25, 0.3) is 0 Å². The number of fused-ring (bicyclic) bond motifs is 1. The fourth-order valence-electron chi connectivity index (χ4n) is 3.43. The summed E-state index contributed by atoms with van der Waals surface area (Å²) in [5.74, 6) is 1.25. The fourth-order valence-corrected chi connectivity index (χ4v) is 3.43. The van der Waals surface area contributed by atoms with Gasteiger partial charge in [-0.2, -0.15) is 0 Å². The monoisotopic (exact) mass is 268 g/mol. The van der Waals surface area contributed by atoms with Crippen molar-refractivity contribution in [3.05, 3.63) is 0 Å². The molecule has 3 N–H and O–H groups in total. The largest absolute Gasteiger partial charge is 0.341 e. The first-order valence-corrected chi connectivity index (χ1v) is 7.12. The lowest BCUT2D eigenvalue weighted by molar-refractivity contribution is -0.120. The van der Waals surface area contributed by atoms with Gasteiger partial charge in [-0.15, -0.1) is 0 Å². The highest BCUT2D eigenvalue weighted by atomic mass is 16.2. The minimum absolute atomic E-state index is 0.204. The number of nitrogens with zero attached hydrogens (tertiary/aromatic N) is 1. The molecular formula is C13H24N4O2. The first-order valence-electron chi connectivity index (χ1n) is 7.12. The van der Waals surface area contributed by atoms with Crippen molar-refractivity contribution in [2.75, 3.05) is 33.2 Å². The van der Waals surface area contributed by atoms with Gasteiger partial charge in [0.15, 0.2) is 0 Å². The van der Waals surface area contributed by atoms with Crippen LogP contribution in [-0.2, 0) is 4.79 Å². The zero-order chi connectivity index (χ0) is 13.8. The number of hydrogen-bond acceptors (Lipinski definition) is 4. The van der Waals surface area contributed by atoms with E-state index in [4.69, 9.17) is 0 Å². The third-order valence-corrected chi connectivity index (χ3v) is 4.35. The first-order chi connectivity index (χ1) is 9.15. The van der Waals surface area contributed by atoms with Crippen LogP contribution in [0.4, 0.5) is 4.79 Å². The summed E-state index contributed by atoms with van der Waals surface area (Å²) >= 11 is 0. The lowest BCUT2D eigenvalue weighted by Crippen LogP contribution is -2.41. The number of likely N-dealkylation sites (tertiary alicyclic amines) is 1. The molecular weight excluding hydrogens is 244 g/mol. The Balaban J connectivity index is 1.79. The molecule has 0 aliphatic carbocycles. The maximum Gasteiger partial charge on any atom is 0.321 e. The fraction of sp³-hybridized carbons (Fsp3) is 0.846. The zero-order valence-electron chi connectivity index (χ0n) is 11.7. The first kappa shape index (κ1) is 14.3. The van der Waals surface area contributed by atoms with Gasteiger partial charge in [0, 0.05) is 32.6 Å². The van der Waals surface area contributed by atoms with Gasteiger partial charge in [0.2, 0.25) is 5.91 Å². The number of rotatable bonds is 4. The normalized spacial score (nSPS) is 30.1. The van der Waals surface area contributed by atoms with E-state index in [9.17, 15) is 9.59 Å². The number of imide groups is 1. The number of carbonyl (C=O) groups is 2. The van der Waals surface area contributed by atoms with Crippen LogP contribution in [0.3, 0.4) is 0 Å². The molecule has 0 aromatic rings. The molecule has 2 aliphatic rings. The van der Waals surface area contributed by atoms with Crippen LogP contribution in [0.1, 0.15) is 19.8 Å². The molecule has 0 radical (unpaired) electrons. The number of hydrogen-bond donors (Lipinski definition) is 3. The van der Waals surface area contributed by atoms with Crippen molar-refractivity contribution in [1.82, 2.24) is 20.9 Å². The van der Waals surface area contributed by atoms with Gasteiger partial charge >= 0.3 is 6.03 Å². The van der Waals surface area contributed by atoms with E-state index in [0.29, 0.717) is 12.5 Å². The Morgan fingerprint density at radius 2 is 2.16 bits per heavy atom. The number of urea groups is 1. The van der Waals surface area contributed by atoms with Crippen molar-refractivity contribution >= 4 is 11.9 Å². The van der Waals surface area contributed by atoms with Crippen LogP contribution in [0.15, 0.2) is 0 Å². The molecule has 2 heterocycles. The van der Waals surface area contributed by atoms with Crippen LogP contribution >= 0.6 is 0 Å². The van der Waals surface area contributed by atoms with Gasteiger partial charge in [0.05, 0.1) is 0 Å². The standard InChI is InChI=1S/C13H24N4O2/c1-3-11-10-7-15-6-9(10)8-17(11)5-4-12(18)16-13(19)14-2/h9-11,15H,3-8H2,1-2H3,(H2,14,16,18,19). The molecule has 3 unspecified atom stereocenters. The van der Waals surface area contributed by atoms with Crippen molar-refractivity contribution in [1.29, 1.82) is 0 Å². The van der Waals surface area contributed by atoms with Gasteiger partial charge in [0.1, 0.15) is 0 Å². The molecule has 2 saturated heterocycles. The van der Waals surface area contributed by atoms with Crippen LogP contribution in [0.5, 0.6) is 0 Å². The molecule has 3 amide bonds. The maximum atomic E-state index is 11.6. The van der Waals surface area contributed by atoms with Crippen LogP contribution in [-0.4, -0.2) is 56.1 Å². The second kappa shape index (κ2) is 6.34. The highest BCUT2D eigenvalue weighted by Crippen LogP contribution is 2.34. The summed E-state index contributed by atoms with van der Waals surface area (Å²) in [5, 5.41) is 8.14. The molecule has 6 nitrogen and oxygen atoms in total. The summed E-state index contributed by atoms with van der Waals surface area (Å²) in [7, 11) is 1.50. The molecule has 2 fully saturated rings. The van der Waals surface area contributed by atoms with Gasteiger partial charge in [-0.25, -0.2) is 4.79 Å². The third kappa shape index (κ3) is 3.25. The molecule has 0 aromatic carbocycles. The number of nitrogens with one attached hydrogen (secondary N) is 3. The minimum Gasteiger partial charge on any atom is -0.341 e. The second-order valence-corrected chi connectivity index (χ2v) is 5.43. The van der Waals surface area contributed by atoms with Gasteiger partial charge in [0.25, 0.3) is 0 Å². The smallest absolute Gasteiger partial charge is 0.321 e. The lowest BCUT2D eigenvalue weighted by atomic mass is 9.93. The van der Waals surface area contributed by atoms with Crippen LogP contribution in [0.2, 0.25) is 0 Å². The Morgan fingerprint density at radius 1 is 1.37 bits per heavy atom. The third-order valence-electron chi connectivity index (χ3n) is 4.35. The Hall–Kier alpha value is -1.14. The molecule has 108 valence electrons. The minimum atomic E-state index is -0.431. The summed E-state index contributed by atoms with van der Waals surface area (Å²) in [4.78, 5) is 25.0. The van der Waals surface area contributed by atoms with Crippen molar-refractivity contribution < 1.29 is 9.59 Å². The van der Waals surface area contributed by atoms with Gasteiger partial charge < -0.3 is 10.6 Å². The van der Waals surface area contributed by atoms with Crippen molar-refractivity contribution in [3.63, 3.8) is 0 Å². The highest BCUT2D eigenvalue weighted by Gasteiger charge is 2.42. The van der Waals surface area contributed by atoms with Crippen molar-refractivity contribution in [2.45, 2.75) is 25.8 Å². The summed E-state index contributed by atoms with van der Waals surface area (Å²) in [6.45, 7) is 6.23. The molecule has 3 atom stereocenters. The van der Waals surface area contributed by atoms with Crippen LogP contribution in [0, 0.1) is 11.8 Å². The molecule has 2 rings (SSSR count). The molecule has 0 aromatic heterocycles.